The molecule has 3 atom stereocenters. The van der Waals surface area contributed by atoms with Crippen LogP contribution in [0, 0.1) is 0 Å². The molecule has 4 rings (SSSR count). The molecule has 10 nitrogen and oxygen atoms in total. The Morgan fingerprint density at radius 2 is 2.23 bits per heavy atom. The van der Waals surface area contributed by atoms with Crippen molar-refractivity contribution in [2.75, 3.05) is 17.7 Å². The Kier molecular flexibility index (Phi) is 4.07. The van der Waals surface area contributed by atoms with E-state index in [1.165, 1.54) is 6.33 Å². The quantitative estimate of drug-likeness (QED) is 0.411. The molecule has 0 unspecified atom stereocenters. The van der Waals surface area contributed by atoms with Crippen molar-refractivity contribution in [1.82, 2.24) is 19.5 Å². The largest absolute Gasteiger partial charge is 0.397 e. The van der Waals surface area contributed by atoms with Crippen molar-refractivity contribution < 1.29 is 14.9 Å². The number of benzene rings is 1. The minimum absolute atomic E-state index is 0.155. The molecule has 0 bridgehead atoms. The van der Waals surface area contributed by atoms with Crippen LogP contribution >= 0.6 is 0 Å². The summed E-state index contributed by atoms with van der Waals surface area (Å²) in [4.78, 5) is 23.4. The van der Waals surface area contributed by atoms with Crippen LogP contribution in [0.5, 0.6) is 0 Å². The summed E-state index contributed by atoms with van der Waals surface area (Å²) in [5.41, 5.74) is 7.07. The van der Waals surface area contributed by atoms with Crippen molar-refractivity contribution in [1.29, 1.82) is 0 Å². The lowest BCUT2D eigenvalue weighted by atomic mass is 10.2. The molecular weight excluding hydrogens is 340 g/mol. The first-order valence-electron chi connectivity index (χ1n) is 8.09. The lowest BCUT2D eigenvalue weighted by molar-refractivity contribution is -0.0432. The van der Waals surface area contributed by atoms with Crippen molar-refractivity contribution >= 4 is 28.5 Å². The molecule has 10 heteroatoms. The molecule has 1 fully saturated rings. The van der Waals surface area contributed by atoms with E-state index in [4.69, 9.17) is 10.5 Å². The Bertz CT molecular complexity index is 1000. The number of fused-ring (bicyclic) bond motifs is 1. The standard InChI is InChI=1S/C16H18N6O4/c17-8-3-1-2-4-9(8)19-16-20-14-13(15(25)21-16)18-7-22(14)12-5-10(24)11(6-23)26-12/h1-4,7,10-12,23-24H,5-6,17H2,(H2,19,20,21,25)/t10-,11+,12+/m0/s1. The van der Waals surface area contributed by atoms with Crippen molar-refractivity contribution in [2.24, 2.45) is 0 Å². The predicted molar refractivity (Wildman–Crippen MR) is 93.9 cm³/mol. The average molecular weight is 358 g/mol. The van der Waals surface area contributed by atoms with E-state index in [2.05, 4.69) is 20.3 Å². The number of imidazole rings is 1. The number of nitrogens with zero attached hydrogens (tertiary/aromatic N) is 3. The summed E-state index contributed by atoms with van der Waals surface area (Å²) in [5, 5.41) is 22.2. The SMILES string of the molecule is Nc1ccccc1Nc1nc2c(ncn2[C@H]2C[C@H](O)[C@@H](CO)O2)c(=O)[nH]1. The van der Waals surface area contributed by atoms with Gasteiger partial charge in [0.25, 0.3) is 5.56 Å². The summed E-state index contributed by atoms with van der Waals surface area (Å²) in [5.74, 6) is 0.208. The summed E-state index contributed by atoms with van der Waals surface area (Å²) in [6, 6.07) is 7.10. The Balaban J connectivity index is 1.72. The number of para-hydroxylation sites is 2. The number of nitrogens with two attached hydrogens (primary N) is 1. The number of rotatable bonds is 4. The topological polar surface area (TPSA) is 151 Å². The number of anilines is 3. The lowest BCUT2D eigenvalue weighted by Crippen LogP contribution is -2.24. The molecule has 1 aliphatic heterocycles. The number of ether oxygens (including phenoxy) is 1. The van der Waals surface area contributed by atoms with Crippen LogP contribution in [0.1, 0.15) is 12.6 Å². The van der Waals surface area contributed by atoms with Gasteiger partial charge < -0.3 is 26.0 Å². The Morgan fingerprint density at radius 3 is 2.96 bits per heavy atom. The van der Waals surface area contributed by atoms with Gasteiger partial charge >= 0.3 is 0 Å². The molecule has 3 heterocycles. The van der Waals surface area contributed by atoms with Crippen LogP contribution in [0.2, 0.25) is 0 Å². The summed E-state index contributed by atoms with van der Waals surface area (Å²) in [7, 11) is 0. The maximum atomic E-state index is 12.3. The Labute approximate surface area is 147 Å². The fourth-order valence-corrected chi connectivity index (χ4v) is 2.98. The van der Waals surface area contributed by atoms with Gasteiger partial charge in [-0.1, -0.05) is 12.1 Å². The number of aromatic amines is 1. The molecule has 0 aliphatic carbocycles. The fraction of sp³-hybridized carbons (Fsp3) is 0.312. The van der Waals surface area contributed by atoms with Crippen LogP contribution in [0.4, 0.5) is 17.3 Å². The van der Waals surface area contributed by atoms with Crippen molar-refractivity contribution in [2.45, 2.75) is 24.9 Å². The van der Waals surface area contributed by atoms with Crippen LogP contribution in [0.15, 0.2) is 35.4 Å². The summed E-state index contributed by atoms with van der Waals surface area (Å²) in [6.07, 6.45) is -0.354. The third-order valence-corrected chi connectivity index (χ3v) is 4.34. The first kappa shape index (κ1) is 16.5. The molecule has 0 saturated carbocycles. The fourth-order valence-electron chi connectivity index (χ4n) is 2.98. The highest BCUT2D eigenvalue weighted by molar-refractivity contribution is 5.74. The molecule has 26 heavy (non-hydrogen) atoms. The van der Waals surface area contributed by atoms with Crippen molar-refractivity contribution in [3.63, 3.8) is 0 Å². The number of nitrogen functional groups attached to an aromatic ring is 1. The summed E-state index contributed by atoms with van der Waals surface area (Å²) < 4.78 is 7.20. The van der Waals surface area contributed by atoms with E-state index in [0.717, 1.165) is 0 Å². The van der Waals surface area contributed by atoms with Gasteiger partial charge in [-0.3, -0.25) is 14.3 Å². The smallest absolute Gasteiger partial charge is 0.280 e. The van der Waals surface area contributed by atoms with E-state index >= 15 is 0 Å². The van der Waals surface area contributed by atoms with E-state index in [1.54, 1.807) is 22.8 Å². The molecule has 0 amide bonds. The van der Waals surface area contributed by atoms with Crippen LogP contribution in [-0.4, -0.2) is 48.5 Å². The van der Waals surface area contributed by atoms with Gasteiger partial charge in [0.1, 0.15) is 12.3 Å². The van der Waals surface area contributed by atoms with E-state index < -0.39 is 24.0 Å². The minimum Gasteiger partial charge on any atom is -0.397 e. The molecule has 1 aromatic carbocycles. The number of hydrogen-bond acceptors (Lipinski definition) is 8. The number of hydrogen-bond donors (Lipinski definition) is 5. The zero-order chi connectivity index (χ0) is 18.3. The first-order chi connectivity index (χ1) is 12.6. The number of H-pyrrole nitrogens is 1. The Morgan fingerprint density at radius 1 is 1.42 bits per heavy atom. The van der Waals surface area contributed by atoms with Gasteiger partial charge in [0.15, 0.2) is 11.2 Å². The lowest BCUT2D eigenvalue weighted by Gasteiger charge is -2.14. The monoisotopic (exact) mass is 358 g/mol. The molecule has 2 aromatic heterocycles. The maximum absolute atomic E-state index is 12.3. The molecule has 1 saturated heterocycles. The van der Waals surface area contributed by atoms with Gasteiger partial charge in [-0.2, -0.15) is 4.98 Å². The highest BCUT2D eigenvalue weighted by Crippen LogP contribution is 2.30. The van der Waals surface area contributed by atoms with Gasteiger partial charge in [-0.25, -0.2) is 4.98 Å². The third kappa shape index (κ3) is 2.79. The summed E-state index contributed by atoms with van der Waals surface area (Å²) in [6.45, 7) is -0.293. The number of aliphatic hydroxyl groups excluding tert-OH is 2. The first-order valence-corrected chi connectivity index (χ1v) is 8.09. The minimum atomic E-state index is -0.800. The van der Waals surface area contributed by atoms with Crippen LogP contribution in [0.3, 0.4) is 0 Å². The van der Waals surface area contributed by atoms with E-state index in [1.807, 2.05) is 6.07 Å². The van der Waals surface area contributed by atoms with Gasteiger partial charge in [-0.05, 0) is 12.1 Å². The van der Waals surface area contributed by atoms with E-state index in [-0.39, 0.29) is 24.5 Å². The second-order valence-corrected chi connectivity index (χ2v) is 6.07. The molecule has 0 spiro atoms. The number of aliphatic hydroxyl groups is 2. The van der Waals surface area contributed by atoms with Crippen molar-refractivity contribution in [3.05, 3.63) is 40.9 Å². The van der Waals surface area contributed by atoms with Gasteiger partial charge in [0.05, 0.1) is 30.4 Å². The van der Waals surface area contributed by atoms with Gasteiger partial charge in [-0.15, -0.1) is 0 Å². The molecular formula is C16H18N6O4. The van der Waals surface area contributed by atoms with Crippen LogP contribution in [-0.2, 0) is 4.74 Å². The third-order valence-electron chi connectivity index (χ3n) is 4.34. The molecule has 0 radical (unpaired) electrons. The van der Waals surface area contributed by atoms with E-state index in [0.29, 0.717) is 17.0 Å². The second kappa shape index (κ2) is 6.41. The predicted octanol–water partition coefficient (Wildman–Crippen LogP) is 0.0861. The number of aromatic nitrogens is 4. The Hall–Kier alpha value is -2.95. The van der Waals surface area contributed by atoms with Gasteiger partial charge in [0, 0.05) is 6.42 Å². The van der Waals surface area contributed by atoms with Crippen LogP contribution < -0.4 is 16.6 Å². The molecule has 136 valence electrons. The highest BCUT2D eigenvalue weighted by atomic mass is 16.5. The van der Waals surface area contributed by atoms with E-state index in [9.17, 15) is 15.0 Å². The highest BCUT2D eigenvalue weighted by Gasteiger charge is 2.35. The maximum Gasteiger partial charge on any atom is 0.280 e. The second-order valence-electron chi connectivity index (χ2n) is 6.07. The zero-order valence-corrected chi connectivity index (χ0v) is 13.7. The van der Waals surface area contributed by atoms with Crippen molar-refractivity contribution in [3.8, 4) is 0 Å². The normalized spacial score (nSPS) is 22.8. The van der Waals surface area contributed by atoms with Gasteiger partial charge in [0.2, 0.25) is 5.95 Å². The zero-order valence-electron chi connectivity index (χ0n) is 13.7. The number of nitrogens with one attached hydrogen (secondary N) is 2. The molecule has 1 aliphatic rings. The molecule has 6 N–H and O–H groups in total. The van der Waals surface area contributed by atoms with Crippen LogP contribution in [0.25, 0.3) is 11.2 Å². The average Bonchev–Trinajstić information content (AvgIpc) is 3.20. The summed E-state index contributed by atoms with van der Waals surface area (Å²) >= 11 is 0. The molecule has 3 aromatic rings.